The van der Waals surface area contributed by atoms with Crippen molar-refractivity contribution in [3.63, 3.8) is 0 Å². The maximum absolute atomic E-state index is 14.1. The van der Waals surface area contributed by atoms with Crippen LogP contribution in [0.15, 0.2) is 17.1 Å². The lowest BCUT2D eigenvalue weighted by Crippen LogP contribution is -2.48. The van der Waals surface area contributed by atoms with Gasteiger partial charge >= 0.3 is 11.8 Å². The summed E-state index contributed by atoms with van der Waals surface area (Å²) >= 11 is 0. The minimum absolute atomic E-state index is 0.188. The summed E-state index contributed by atoms with van der Waals surface area (Å²) in [7, 11) is 0. The number of nitrogens with zero attached hydrogens (tertiary/aromatic N) is 2. The quantitative estimate of drug-likeness (QED) is 0.604. The highest BCUT2D eigenvalue weighted by Gasteiger charge is 2.52. The van der Waals surface area contributed by atoms with E-state index in [1.165, 1.54) is 0 Å². The molecule has 0 saturated carbocycles. The molecule has 1 aliphatic rings. The third-order valence-corrected chi connectivity index (χ3v) is 4.18. The zero-order chi connectivity index (χ0) is 23.6. The number of anilines is 1. The van der Waals surface area contributed by atoms with E-state index in [0.717, 1.165) is 12.3 Å². The molecule has 0 aliphatic carbocycles. The number of aliphatic hydroxyl groups is 1. The van der Waals surface area contributed by atoms with E-state index in [4.69, 9.17) is 14.6 Å². The van der Waals surface area contributed by atoms with Crippen LogP contribution >= 0.6 is 0 Å². The SMILES string of the molecule is CC(C)C(NC(=O)OC(C)(C)C)C(=O)Nc1ccn([C@@H]2O[C@@H](CO)[CH]C2(F)F)c(=O)n1. The Morgan fingerprint density at radius 2 is 2.03 bits per heavy atom. The Kier molecular flexibility index (Phi) is 7.37. The van der Waals surface area contributed by atoms with Gasteiger partial charge in [-0.05, 0) is 32.8 Å². The lowest BCUT2D eigenvalue weighted by atomic mass is 10.0. The van der Waals surface area contributed by atoms with Crippen LogP contribution in [0.1, 0.15) is 40.8 Å². The van der Waals surface area contributed by atoms with Crippen molar-refractivity contribution in [2.75, 3.05) is 11.9 Å². The Labute approximate surface area is 177 Å². The molecule has 31 heavy (non-hydrogen) atoms. The van der Waals surface area contributed by atoms with Gasteiger partial charge in [0.05, 0.1) is 19.1 Å². The van der Waals surface area contributed by atoms with Gasteiger partial charge < -0.3 is 25.2 Å². The molecule has 1 aliphatic heterocycles. The lowest BCUT2D eigenvalue weighted by Gasteiger charge is -2.25. The smallest absolute Gasteiger partial charge is 0.408 e. The van der Waals surface area contributed by atoms with Gasteiger partial charge in [-0.2, -0.15) is 4.98 Å². The van der Waals surface area contributed by atoms with Crippen molar-refractivity contribution in [2.45, 2.75) is 64.5 Å². The summed E-state index contributed by atoms with van der Waals surface area (Å²) in [6, 6.07) is 0.150. The Balaban J connectivity index is 2.13. The maximum Gasteiger partial charge on any atom is 0.408 e. The summed E-state index contributed by atoms with van der Waals surface area (Å²) < 4.78 is 38.8. The fourth-order valence-corrected chi connectivity index (χ4v) is 2.81. The van der Waals surface area contributed by atoms with Gasteiger partial charge in [0.15, 0.2) is 0 Å². The molecule has 0 spiro atoms. The monoisotopic (exact) mass is 445 g/mol. The number of amides is 2. The van der Waals surface area contributed by atoms with Crippen LogP contribution < -0.4 is 16.3 Å². The first-order valence-electron chi connectivity index (χ1n) is 9.63. The largest absolute Gasteiger partial charge is 0.444 e. The second-order valence-electron chi connectivity index (χ2n) is 8.41. The number of aromatic nitrogens is 2. The highest BCUT2D eigenvalue weighted by molar-refractivity contribution is 5.96. The van der Waals surface area contributed by atoms with E-state index in [9.17, 15) is 23.2 Å². The maximum atomic E-state index is 14.1. The average molecular weight is 445 g/mol. The molecule has 3 N–H and O–H groups in total. The minimum atomic E-state index is -3.50. The highest BCUT2D eigenvalue weighted by Crippen LogP contribution is 2.40. The van der Waals surface area contributed by atoms with Crippen molar-refractivity contribution >= 4 is 17.8 Å². The Hall–Kier alpha value is -2.60. The van der Waals surface area contributed by atoms with Gasteiger partial charge in [-0.1, -0.05) is 13.8 Å². The van der Waals surface area contributed by atoms with Crippen molar-refractivity contribution in [3.05, 3.63) is 29.2 Å². The zero-order valence-electron chi connectivity index (χ0n) is 17.9. The summed E-state index contributed by atoms with van der Waals surface area (Å²) in [4.78, 5) is 40.4. The Bertz CT molecular complexity index is 868. The molecule has 1 fully saturated rings. The van der Waals surface area contributed by atoms with Gasteiger partial charge in [-0.25, -0.2) is 18.4 Å². The molecule has 1 saturated heterocycles. The molecule has 1 aromatic heterocycles. The summed E-state index contributed by atoms with van der Waals surface area (Å²) in [6.45, 7) is 7.75. The fraction of sp³-hybridized carbons (Fsp3) is 0.632. The van der Waals surface area contributed by atoms with Crippen molar-refractivity contribution in [1.29, 1.82) is 0 Å². The number of halogens is 2. The first-order chi connectivity index (χ1) is 14.2. The van der Waals surface area contributed by atoms with E-state index in [1.807, 2.05) is 0 Å². The highest BCUT2D eigenvalue weighted by atomic mass is 19.3. The van der Waals surface area contributed by atoms with E-state index < -0.39 is 54.2 Å². The molecule has 1 radical (unpaired) electrons. The third-order valence-electron chi connectivity index (χ3n) is 4.18. The number of carbonyl (C=O) groups excluding carboxylic acids is 2. The molecular formula is C19H27F2N4O6. The van der Waals surface area contributed by atoms with Gasteiger partial charge in [0.25, 0.3) is 5.92 Å². The second kappa shape index (κ2) is 9.27. The molecule has 0 aromatic carbocycles. The van der Waals surface area contributed by atoms with Gasteiger partial charge in [0.1, 0.15) is 17.5 Å². The van der Waals surface area contributed by atoms with E-state index in [2.05, 4.69) is 15.6 Å². The van der Waals surface area contributed by atoms with Crippen LogP contribution in [0.2, 0.25) is 0 Å². The van der Waals surface area contributed by atoms with Crippen LogP contribution in [0.3, 0.4) is 0 Å². The number of hydrogen-bond acceptors (Lipinski definition) is 7. The summed E-state index contributed by atoms with van der Waals surface area (Å²) in [5.41, 5.74) is -1.85. The van der Waals surface area contributed by atoms with Crippen LogP contribution in [-0.2, 0) is 14.3 Å². The van der Waals surface area contributed by atoms with Crippen LogP contribution in [0, 0.1) is 12.3 Å². The van der Waals surface area contributed by atoms with E-state index in [0.29, 0.717) is 11.0 Å². The molecule has 2 heterocycles. The number of nitrogens with one attached hydrogen (secondary N) is 2. The molecule has 2 rings (SSSR count). The molecule has 2 amide bonds. The predicted molar refractivity (Wildman–Crippen MR) is 105 cm³/mol. The Morgan fingerprint density at radius 3 is 2.52 bits per heavy atom. The second-order valence-corrected chi connectivity index (χ2v) is 8.41. The number of alkyl halides is 2. The molecule has 0 bridgehead atoms. The van der Waals surface area contributed by atoms with E-state index in [1.54, 1.807) is 34.6 Å². The predicted octanol–water partition coefficient (Wildman–Crippen LogP) is 1.46. The van der Waals surface area contributed by atoms with Crippen molar-refractivity contribution in [1.82, 2.24) is 14.9 Å². The third kappa shape index (κ3) is 6.44. The van der Waals surface area contributed by atoms with Gasteiger partial charge in [-0.3, -0.25) is 9.36 Å². The standard InChI is InChI=1S/C19H27F2N4O6/c1-10(2)13(24-17(29)31-18(3,4)5)14(27)22-12-6-7-25(16(28)23-12)15-19(20,21)8-11(9-26)30-15/h6-8,10-11,13,15,26H,9H2,1-5H3,(H,24,29)(H,22,23,27,28)/t11-,13?,15-/m1/s1. The Morgan fingerprint density at radius 1 is 1.39 bits per heavy atom. The van der Waals surface area contributed by atoms with Crippen LogP contribution in [-0.4, -0.2) is 56.9 Å². The molecule has 1 aromatic rings. The first kappa shape index (κ1) is 24.7. The summed E-state index contributed by atoms with van der Waals surface area (Å²) in [5.74, 6) is -4.68. The molecule has 173 valence electrons. The summed E-state index contributed by atoms with van der Waals surface area (Å²) in [6.07, 6.45) is -2.47. The number of rotatable bonds is 6. The topological polar surface area (TPSA) is 132 Å². The minimum Gasteiger partial charge on any atom is -0.444 e. The molecule has 12 heteroatoms. The van der Waals surface area contributed by atoms with Crippen molar-refractivity contribution < 1.29 is 33.0 Å². The zero-order valence-corrected chi connectivity index (χ0v) is 17.9. The number of alkyl carbamates (subject to hydrolysis) is 1. The fourth-order valence-electron chi connectivity index (χ4n) is 2.81. The average Bonchev–Trinajstić information content (AvgIpc) is 2.92. The van der Waals surface area contributed by atoms with Gasteiger partial charge in [0.2, 0.25) is 12.1 Å². The number of carbonyl (C=O) groups is 2. The molecule has 10 nitrogen and oxygen atoms in total. The normalized spacial score (nSPS) is 21.6. The van der Waals surface area contributed by atoms with Crippen LogP contribution in [0.4, 0.5) is 19.4 Å². The van der Waals surface area contributed by atoms with Crippen LogP contribution in [0.25, 0.3) is 0 Å². The number of hydrogen-bond donors (Lipinski definition) is 3. The van der Waals surface area contributed by atoms with E-state index >= 15 is 0 Å². The van der Waals surface area contributed by atoms with Gasteiger partial charge in [-0.15, -0.1) is 0 Å². The summed E-state index contributed by atoms with van der Waals surface area (Å²) in [5, 5.41) is 13.9. The van der Waals surface area contributed by atoms with Gasteiger partial charge in [0, 0.05) is 6.20 Å². The molecule has 3 atom stereocenters. The molecule has 1 unspecified atom stereocenters. The molecular weight excluding hydrogens is 418 g/mol. The lowest BCUT2D eigenvalue weighted by molar-refractivity contribution is -0.119. The van der Waals surface area contributed by atoms with Crippen molar-refractivity contribution in [3.8, 4) is 0 Å². The number of aliphatic hydroxyl groups excluding tert-OH is 1. The van der Waals surface area contributed by atoms with Crippen LogP contribution in [0.5, 0.6) is 0 Å². The van der Waals surface area contributed by atoms with E-state index in [-0.39, 0.29) is 11.7 Å². The van der Waals surface area contributed by atoms with Crippen molar-refractivity contribution in [2.24, 2.45) is 5.92 Å². The number of ether oxygens (including phenoxy) is 2. The first-order valence-corrected chi connectivity index (χ1v) is 9.63.